The summed E-state index contributed by atoms with van der Waals surface area (Å²) in [6.07, 6.45) is 2.60. The van der Waals surface area contributed by atoms with Crippen molar-refractivity contribution in [3.05, 3.63) is 0 Å². The summed E-state index contributed by atoms with van der Waals surface area (Å²) in [5, 5.41) is 0. The van der Waals surface area contributed by atoms with E-state index in [2.05, 4.69) is 4.18 Å². The molecule has 5 nitrogen and oxygen atoms in total. The van der Waals surface area contributed by atoms with E-state index in [1.54, 1.807) is 0 Å². The lowest BCUT2D eigenvalue weighted by molar-refractivity contribution is -0.0574. The predicted octanol–water partition coefficient (Wildman–Crippen LogP) is 1.44. The molecular weight excluding hydrogens is 273 g/mol. The molecule has 0 aromatic heterocycles. The Hall–Kier alpha value is -0.380. The average Bonchev–Trinajstić information content (AvgIpc) is 2.20. The quantitative estimate of drug-likeness (QED) is 0.290. The zero-order valence-corrected chi connectivity index (χ0v) is 10.8. The predicted molar refractivity (Wildman–Crippen MR) is 60.8 cm³/mol. The lowest BCUT2D eigenvalue weighted by Crippen LogP contribution is -2.34. The molecule has 0 saturated carbocycles. The zero-order chi connectivity index (χ0) is 14.2. The van der Waals surface area contributed by atoms with E-state index in [0.29, 0.717) is 13.0 Å². The molecule has 0 radical (unpaired) electrons. The first-order valence-corrected chi connectivity index (χ1v) is 7.06. The molecule has 0 aromatic rings. The van der Waals surface area contributed by atoms with Crippen LogP contribution in [0.3, 0.4) is 0 Å². The lowest BCUT2D eigenvalue weighted by Gasteiger charge is -2.14. The van der Waals surface area contributed by atoms with Crippen molar-refractivity contribution in [2.24, 2.45) is 11.5 Å². The summed E-state index contributed by atoms with van der Waals surface area (Å²) in [7, 11) is -5.59. The van der Waals surface area contributed by atoms with Crippen molar-refractivity contribution in [2.75, 3.05) is 6.54 Å². The fraction of sp³-hybridized carbons (Fsp3) is 1.00. The molecule has 4 N–H and O–H groups in total. The van der Waals surface area contributed by atoms with E-state index in [0.717, 1.165) is 25.7 Å². The molecule has 0 bridgehead atoms. The van der Waals surface area contributed by atoms with Gasteiger partial charge < -0.3 is 11.5 Å². The number of nitrogens with two attached hydrogens (primary N) is 2. The molecule has 0 amide bonds. The van der Waals surface area contributed by atoms with Gasteiger partial charge in [0.05, 0.1) is 0 Å². The third-order valence-electron chi connectivity index (χ3n) is 2.23. The largest absolute Gasteiger partial charge is 0.523 e. The monoisotopic (exact) mass is 292 g/mol. The molecule has 18 heavy (non-hydrogen) atoms. The van der Waals surface area contributed by atoms with Crippen molar-refractivity contribution in [3.63, 3.8) is 0 Å². The van der Waals surface area contributed by atoms with Gasteiger partial charge in [0, 0.05) is 0 Å². The highest BCUT2D eigenvalue weighted by Gasteiger charge is 2.48. The molecule has 0 aromatic carbocycles. The van der Waals surface area contributed by atoms with Gasteiger partial charge in [-0.15, -0.1) is 0 Å². The van der Waals surface area contributed by atoms with Crippen LogP contribution in [-0.2, 0) is 14.3 Å². The molecule has 1 unspecified atom stereocenters. The van der Waals surface area contributed by atoms with Crippen LogP contribution in [-0.4, -0.2) is 26.7 Å². The Balaban J connectivity index is 3.82. The first-order valence-electron chi connectivity index (χ1n) is 5.66. The number of alkyl halides is 3. The molecule has 0 rings (SSSR count). The summed E-state index contributed by atoms with van der Waals surface area (Å²) in [5.74, 6) is 0. The Bertz CT molecular complexity index is 320. The van der Waals surface area contributed by atoms with Crippen LogP contribution in [0, 0.1) is 0 Å². The van der Waals surface area contributed by atoms with E-state index in [-0.39, 0.29) is 6.42 Å². The van der Waals surface area contributed by atoms with Crippen molar-refractivity contribution in [1.82, 2.24) is 0 Å². The van der Waals surface area contributed by atoms with E-state index in [1.807, 2.05) is 0 Å². The fourth-order valence-electron chi connectivity index (χ4n) is 1.29. The van der Waals surface area contributed by atoms with Gasteiger partial charge in [0.25, 0.3) is 0 Å². The second-order valence-corrected chi connectivity index (χ2v) is 5.44. The lowest BCUT2D eigenvalue weighted by atomic mass is 10.1. The molecule has 1 atom stereocenters. The normalized spacial score (nSPS) is 14.7. The highest BCUT2D eigenvalue weighted by molar-refractivity contribution is 7.87. The maximum atomic E-state index is 11.9. The Labute approximate surface area is 105 Å². The molecule has 0 aliphatic heterocycles. The first kappa shape index (κ1) is 17.6. The molecular formula is C9H19F3N2O3S. The summed E-state index contributed by atoms with van der Waals surface area (Å²) in [4.78, 5) is 0. The Morgan fingerprint density at radius 1 is 1.06 bits per heavy atom. The molecule has 0 heterocycles. The standard InChI is InChI=1S/C9H19F3N2O3S/c10-9(11,12)18(15,16)17-8(14)6-4-2-1-3-5-7-13/h8H,1-7,13-14H2. The van der Waals surface area contributed by atoms with Gasteiger partial charge in [-0.2, -0.15) is 21.6 Å². The summed E-state index contributed by atoms with van der Waals surface area (Å²) < 4.78 is 60.8. The summed E-state index contributed by atoms with van der Waals surface area (Å²) in [6, 6.07) is 0. The molecule has 9 heteroatoms. The van der Waals surface area contributed by atoms with Crippen molar-refractivity contribution < 1.29 is 25.8 Å². The van der Waals surface area contributed by atoms with Gasteiger partial charge in [0.1, 0.15) is 6.23 Å². The minimum Gasteiger partial charge on any atom is -0.330 e. The molecule has 0 aliphatic rings. The highest BCUT2D eigenvalue weighted by atomic mass is 32.2. The maximum absolute atomic E-state index is 11.9. The number of rotatable bonds is 9. The summed E-state index contributed by atoms with van der Waals surface area (Å²) in [6.45, 7) is 0.604. The minimum atomic E-state index is -5.59. The summed E-state index contributed by atoms with van der Waals surface area (Å²) >= 11 is 0. The fourth-order valence-corrected chi connectivity index (χ4v) is 1.82. The van der Waals surface area contributed by atoms with Gasteiger partial charge in [0.15, 0.2) is 0 Å². The topological polar surface area (TPSA) is 95.4 Å². The number of hydrogen-bond donors (Lipinski definition) is 2. The van der Waals surface area contributed by atoms with Crippen molar-refractivity contribution >= 4 is 10.1 Å². The van der Waals surface area contributed by atoms with Gasteiger partial charge in [-0.05, 0) is 25.8 Å². The van der Waals surface area contributed by atoms with E-state index in [9.17, 15) is 21.6 Å². The van der Waals surface area contributed by atoms with Crippen LogP contribution in [0.5, 0.6) is 0 Å². The van der Waals surface area contributed by atoms with Crippen LogP contribution in [0.25, 0.3) is 0 Å². The second kappa shape index (κ2) is 7.93. The second-order valence-electron chi connectivity index (χ2n) is 3.88. The Morgan fingerprint density at radius 2 is 1.56 bits per heavy atom. The van der Waals surface area contributed by atoms with Crippen LogP contribution in [0.15, 0.2) is 0 Å². The minimum absolute atomic E-state index is 0.0674. The van der Waals surface area contributed by atoms with Gasteiger partial charge in [0.2, 0.25) is 0 Å². The summed E-state index contributed by atoms with van der Waals surface area (Å²) in [5.41, 5.74) is 5.04. The SMILES string of the molecule is NCCCCCCCC(N)OS(=O)(=O)C(F)(F)F. The first-order chi connectivity index (χ1) is 8.20. The highest BCUT2D eigenvalue weighted by Crippen LogP contribution is 2.25. The van der Waals surface area contributed by atoms with Crippen molar-refractivity contribution in [2.45, 2.75) is 50.3 Å². The van der Waals surface area contributed by atoms with Crippen LogP contribution in [0.2, 0.25) is 0 Å². The number of hydrogen-bond acceptors (Lipinski definition) is 5. The molecule has 0 aliphatic carbocycles. The molecule has 110 valence electrons. The third-order valence-corrected chi connectivity index (χ3v) is 3.29. The van der Waals surface area contributed by atoms with Crippen molar-refractivity contribution in [3.8, 4) is 0 Å². The van der Waals surface area contributed by atoms with E-state index < -0.39 is 21.9 Å². The average molecular weight is 292 g/mol. The third kappa shape index (κ3) is 7.14. The molecule has 0 saturated heterocycles. The van der Waals surface area contributed by atoms with Crippen LogP contribution >= 0.6 is 0 Å². The number of halogens is 3. The van der Waals surface area contributed by atoms with Crippen molar-refractivity contribution in [1.29, 1.82) is 0 Å². The van der Waals surface area contributed by atoms with E-state index in [4.69, 9.17) is 11.5 Å². The van der Waals surface area contributed by atoms with Gasteiger partial charge in [-0.1, -0.05) is 19.3 Å². The Kier molecular flexibility index (Phi) is 7.76. The van der Waals surface area contributed by atoms with E-state index >= 15 is 0 Å². The van der Waals surface area contributed by atoms with Crippen LogP contribution in [0.4, 0.5) is 13.2 Å². The number of unbranched alkanes of at least 4 members (excludes halogenated alkanes) is 4. The van der Waals surface area contributed by atoms with Crippen LogP contribution in [0.1, 0.15) is 38.5 Å². The zero-order valence-electron chi connectivity index (χ0n) is 9.95. The van der Waals surface area contributed by atoms with Crippen LogP contribution < -0.4 is 11.5 Å². The maximum Gasteiger partial charge on any atom is 0.523 e. The van der Waals surface area contributed by atoms with Gasteiger partial charge in [-0.25, -0.2) is 4.18 Å². The smallest absolute Gasteiger partial charge is 0.330 e. The molecule has 0 spiro atoms. The molecule has 0 fully saturated rings. The van der Waals surface area contributed by atoms with E-state index in [1.165, 1.54) is 0 Å². The van der Waals surface area contributed by atoms with Gasteiger partial charge >= 0.3 is 15.6 Å². The Morgan fingerprint density at radius 3 is 2.06 bits per heavy atom. The van der Waals surface area contributed by atoms with Gasteiger partial charge in [-0.3, -0.25) is 0 Å².